The molecule has 1 N–H and O–H groups in total. The number of anilines is 2. The van der Waals surface area contributed by atoms with Crippen molar-refractivity contribution in [3.8, 4) is 11.9 Å². The van der Waals surface area contributed by atoms with E-state index in [1.165, 1.54) is 7.11 Å². The molecule has 1 aliphatic rings. The predicted octanol–water partition coefficient (Wildman–Crippen LogP) is 2.81. The van der Waals surface area contributed by atoms with E-state index in [4.69, 9.17) is 21.1 Å². The molecule has 1 aromatic heterocycles. The molecule has 1 aromatic carbocycles. The number of nitrogens with one attached hydrogen (secondary N) is 1. The highest BCUT2D eigenvalue weighted by molar-refractivity contribution is 6.33. The lowest BCUT2D eigenvalue weighted by molar-refractivity contribution is 0.208. The fourth-order valence-electron chi connectivity index (χ4n) is 2.82. The van der Waals surface area contributed by atoms with Gasteiger partial charge in [0.25, 0.3) is 0 Å². The molecule has 0 saturated carbocycles. The number of carbonyl (C=O) groups excluding carboxylic acids is 1. The number of amides is 2. The summed E-state index contributed by atoms with van der Waals surface area (Å²) in [4.78, 5) is 24.8. The van der Waals surface area contributed by atoms with Crippen molar-refractivity contribution in [1.82, 2.24) is 14.9 Å². The van der Waals surface area contributed by atoms with E-state index in [-0.39, 0.29) is 12.0 Å². The summed E-state index contributed by atoms with van der Waals surface area (Å²) in [7, 11) is 3.06. The van der Waals surface area contributed by atoms with Gasteiger partial charge < -0.3 is 24.6 Å². The minimum absolute atomic E-state index is 0.167. The molecule has 2 aromatic rings. The number of piperazine rings is 1. The van der Waals surface area contributed by atoms with Crippen LogP contribution in [0.25, 0.3) is 0 Å². The zero-order valence-electron chi connectivity index (χ0n) is 15.5. The molecule has 1 fully saturated rings. The quantitative estimate of drug-likeness (QED) is 0.863. The first-order valence-corrected chi connectivity index (χ1v) is 8.92. The largest absolute Gasteiger partial charge is 0.481 e. The Kier molecular flexibility index (Phi) is 5.85. The molecule has 0 radical (unpaired) electrons. The van der Waals surface area contributed by atoms with Crippen LogP contribution in [0.3, 0.4) is 0 Å². The summed E-state index contributed by atoms with van der Waals surface area (Å²) >= 11 is 6.16. The van der Waals surface area contributed by atoms with Crippen LogP contribution in [0.4, 0.5) is 16.3 Å². The van der Waals surface area contributed by atoms with Gasteiger partial charge >= 0.3 is 12.0 Å². The van der Waals surface area contributed by atoms with Crippen molar-refractivity contribution in [2.24, 2.45) is 0 Å². The predicted molar refractivity (Wildman–Crippen MR) is 104 cm³/mol. The molecular weight excluding hydrogens is 370 g/mol. The van der Waals surface area contributed by atoms with E-state index in [0.29, 0.717) is 48.6 Å². The molecule has 2 amide bonds. The number of methoxy groups -OCH3 is 2. The second-order valence-corrected chi connectivity index (χ2v) is 6.55. The average Bonchev–Trinajstić information content (AvgIpc) is 2.70. The first kappa shape index (κ1) is 19.0. The van der Waals surface area contributed by atoms with Gasteiger partial charge in [-0.25, -0.2) is 4.79 Å². The van der Waals surface area contributed by atoms with E-state index in [1.807, 2.05) is 19.1 Å². The first-order valence-electron chi connectivity index (χ1n) is 8.54. The minimum atomic E-state index is -0.167. The minimum Gasteiger partial charge on any atom is -0.481 e. The molecule has 0 spiro atoms. The van der Waals surface area contributed by atoms with Gasteiger partial charge in [0.15, 0.2) is 0 Å². The lowest BCUT2D eigenvalue weighted by Gasteiger charge is -2.35. The van der Waals surface area contributed by atoms with Crippen molar-refractivity contribution in [3.05, 3.63) is 34.9 Å². The molecular formula is C18H22ClN5O3. The third-order valence-corrected chi connectivity index (χ3v) is 4.64. The molecule has 1 saturated heterocycles. The van der Waals surface area contributed by atoms with Crippen LogP contribution in [0.2, 0.25) is 5.02 Å². The normalized spacial score (nSPS) is 14.1. The maximum absolute atomic E-state index is 12.5. The zero-order valence-corrected chi connectivity index (χ0v) is 16.3. The fourth-order valence-corrected chi connectivity index (χ4v) is 2.98. The number of hydrogen-bond donors (Lipinski definition) is 1. The van der Waals surface area contributed by atoms with Crippen LogP contribution in [0.1, 0.15) is 5.56 Å². The van der Waals surface area contributed by atoms with Gasteiger partial charge in [-0.3, -0.25) is 0 Å². The highest BCUT2D eigenvalue weighted by Crippen LogP contribution is 2.24. The molecule has 2 heterocycles. The monoisotopic (exact) mass is 391 g/mol. The molecule has 3 rings (SSSR count). The molecule has 9 heteroatoms. The Morgan fingerprint density at radius 1 is 1.11 bits per heavy atom. The molecule has 8 nitrogen and oxygen atoms in total. The highest BCUT2D eigenvalue weighted by atomic mass is 35.5. The molecule has 0 unspecified atom stereocenters. The van der Waals surface area contributed by atoms with Crippen LogP contribution in [-0.2, 0) is 0 Å². The number of ether oxygens (including phenoxy) is 2. The van der Waals surface area contributed by atoms with Gasteiger partial charge in [-0.1, -0.05) is 17.7 Å². The Labute approximate surface area is 163 Å². The number of aryl methyl sites for hydroxylation is 1. The summed E-state index contributed by atoms with van der Waals surface area (Å²) in [5, 5.41) is 3.40. The maximum Gasteiger partial charge on any atom is 0.322 e. The van der Waals surface area contributed by atoms with E-state index in [1.54, 1.807) is 24.1 Å². The van der Waals surface area contributed by atoms with E-state index in [2.05, 4.69) is 20.2 Å². The Bertz CT molecular complexity index is 802. The third kappa shape index (κ3) is 4.51. The zero-order chi connectivity index (χ0) is 19.4. The summed E-state index contributed by atoms with van der Waals surface area (Å²) in [5.74, 6) is 1.14. The molecule has 27 heavy (non-hydrogen) atoms. The van der Waals surface area contributed by atoms with Crippen LogP contribution in [0.15, 0.2) is 24.3 Å². The van der Waals surface area contributed by atoms with Crippen LogP contribution in [0, 0.1) is 6.92 Å². The summed E-state index contributed by atoms with van der Waals surface area (Å²) in [5.41, 5.74) is 1.65. The Hall–Kier alpha value is -2.74. The Morgan fingerprint density at radius 3 is 2.52 bits per heavy atom. The maximum atomic E-state index is 12.5. The van der Waals surface area contributed by atoms with Crippen LogP contribution in [-0.4, -0.2) is 61.3 Å². The van der Waals surface area contributed by atoms with E-state index >= 15 is 0 Å². The lowest BCUT2D eigenvalue weighted by Crippen LogP contribution is -2.50. The number of carbonyl (C=O) groups is 1. The number of benzene rings is 1. The Balaban J connectivity index is 1.63. The van der Waals surface area contributed by atoms with Gasteiger partial charge in [0.05, 0.1) is 24.9 Å². The molecule has 0 atom stereocenters. The van der Waals surface area contributed by atoms with Gasteiger partial charge in [-0.2, -0.15) is 9.97 Å². The third-order valence-electron chi connectivity index (χ3n) is 4.31. The highest BCUT2D eigenvalue weighted by Gasteiger charge is 2.23. The van der Waals surface area contributed by atoms with Crippen LogP contribution in [0.5, 0.6) is 11.9 Å². The van der Waals surface area contributed by atoms with Crippen LogP contribution < -0.4 is 19.7 Å². The van der Waals surface area contributed by atoms with Crippen molar-refractivity contribution < 1.29 is 14.3 Å². The van der Waals surface area contributed by atoms with Crippen LogP contribution >= 0.6 is 11.6 Å². The molecule has 0 bridgehead atoms. The molecule has 1 aliphatic heterocycles. The van der Waals surface area contributed by atoms with Gasteiger partial charge in [0, 0.05) is 32.2 Å². The molecule has 0 aliphatic carbocycles. The number of urea groups is 1. The Morgan fingerprint density at radius 2 is 1.85 bits per heavy atom. The number of rotatable bonds is 4. The van der Waals surface area contributed by atoms with E-state index in [0.717, 1.165) is 5.56 Å². The summed E-state index contributed by atoms with van der Waals surface area (Å²) < 4.78 is 10.3. The summed E-state index contributed by atoms with van der Waals surface area (Å²) in [6.45, 7) is 4.35. The summed E-state index contributed by atoms with van der Waals surface area (Å²) in [6.07, 6.45) is 0. The summed E-state index contributed by atoms with van der Waals surface area (Å²) in [6, 6.07) is 7.38. The number of nitrogens with zero attached hydrogens (tertiary/aromatic N) is 4. The SMILES string of the molecule is COc1cc(N2CCN(C(=O)Nc3cc(C)ccc3Cl)CC2)nc(OC)n1. The van der Waals surface area contributed by atoms with E-state index in [9.17, 15) is 4.79 Å². The molecule has 144 valence electrons. The second kappa shape index (κ2) is 8.30. The number of halogens is 1. The van der Waals surface area contributed by atoms with Crippen molar-refractivity contribution >= 4 is 29.1 Å². The lowest BCUT2D eigenvalue weighted by atomic mass is 10.2. The van der Waals surface area contributed by atoms with Crippen molar-refractivity contribution in [3.63, 3.8) is 0 Å². The van der Waals surface area contributed by atoms with Gasteiger partial charge in [0.2, 0.25) is 5.88 Å². The standard InChI is InChI=1S/C18H22ClN5O3/c1-12-4-5-13(19)14(10-12)20-18(25)24-8-6-23(7-9-24)15-11-16(26-2)22-17(21-15)27-3/h4-5,10-11H,6-9H2,1-3H3,(H,20,25). The van der Waals surface area contributed by atoms with Crippen molar-refractivity contribution in [2.45, 2.75) is 6.92 Å². The van der Waals surface area contributed by atoms with Gasteiger partial charge in [-0.15, -0.1) is 0 Å². The topological polar surface area (TPSA) is 79.8 Å². The number of hydrogen-bond acceptors (Lipinski definition) is 6. The average molecular weight is 392 g/mol. The smallest absolute Gasteiger partial charge is 0.322 e. The fraction of sp³-hybridized carbons (Fsp3) is 0.389. The first-order chi connectivity index (χ1) is 13.0. The van der Waals surface area contributed by atoms with Gasteiger partial charge in [-0.05, 0) is 24.6 Å². The van der Waals surface area contributed by atoms with Gasteiger partial charge in [0.1, 0.15) is 5.82 Å². The number of aromatic nitrogens is 2. The van der Waals surface area contributed by atoms with Crippen molar-refractivity contribution in [2.75, 3.05) is 50.6 Å². The van der Waals surface area contributed by atoms with Crippen molar-refractivity contribution in [1.29, 1.82) is 0 Å². The van der Waals surface area contributed by atoms with E-state index < -0.39 is 0 Å². The second-order valence-electron chi connectivity index (χ2n) is 6.14.